The number of ketones is 1. The highest BCUT2D eigenvalue weighted by Gasteiger charge is 2.11. The van der Waals surface area contributed by atoms with Gasteiger partial charge in [0.15, 0.2) is 0 Å². The molecule has 2 rings (SSSR count). The maximum atomic E-state index is 11.4. The van der Waals surface area contributed by atoms with E-state index in [0.717, 1.165) is 5.56 Å². The van der Waals surface area contributed by atoms with Crippen LogP contribution in [0, 0.1) is 0 Å². The minimum Gasteiger partial charge on any atom is -0.299 e. The zero-order chi connectivity index (χ0) is 10.7. The maximum Gasteiger partial charge on any atom is 0.140 e. The smallest absolute Gasteiger partial charge is 0.140 e. The summed E-state index contributed by atoms with van der Waals surface area (Å²) in [4.78, 5) is 11.4. The summed E-state index contributed by atoms with van der Waals surface area (Å²) in [5.41, 5.74) is 4.07. The van der Waals surface area contributed by atoms with E-state index in [-0.39, 0.29) is 5.78 Å². The molecule has 0 unspecified atom stereocenters. The van der Waals surface area contributed by atoms with E-state index < -0.39 is 0 Å². The molecular weight excluding hydrogens is 184 g/mol. The number of benzene rings is 1. The lowest BCUT2D eigenvalue weighted by molar-refractivity contribution is -0.117. The maximum absolute atomic E-state index is 11.4. The van der Waals surface area contributed by atoms with Crippen LogP contribution < -0.4 is 0 Å². The predicted octanol–water partition coefficient (Wildman–Crippen LogP) is 2.86. The molecule has 0 N–H and O–H groups in total. The van der Waals surface area contributed by atoms with Gasteiger partial charge in [-0.05, 0) is 36.0 Å². The third-order valence-electron chi connectivity index (χ3n) is 2.94. The molecule has 0 aromatic heterocycles. The molecule has 1 aliphatic rings. The van der Waals surface area contributed by atoms with Crippen LogP contribution in [0.5, 0.6) is 0 Å². The van der Waals surface area contributed by atoms with Crippen molar-refractivity contribution in [2.24, 2.45) is 0 Å². The van der Waals surface area contributed by atoms with Crippen LogP contribution in [0.1, 0.15) is 29.5 Å². The number of rotatable bonds is 4. The Bertz CT molecular complexity index is 390. The van der Waals surface area contributed by atoms with Gasteiger partial charge < -0.3 is 0 Å². The summed E-state index contributed by atoms with van der Waals surface area (Å²) in [6.07, 6.45) is 6.36. The molecule has 0 heterocycles. The molecule has 0 bridgehead atoms. The first-order chi connectivity index (χ1) is 7.29. The lowest BCUT2D eigenvalue weighted by Crippen LogP contribution is -2.01. The van der Waals surface area contributed by atoms with Gasteiger partial charge in [0.25, 0.3) is 0 Å². The first-order valence-corrected chi connectivity index (χ1v) is 5.53. The van der Waals surface area contributed by atoms with E-state index in [1.165, 1.54) is 30.4 Å². The molecule has 0 amide bonds. The van der Waals surface area contributed by atoms with Crippen molar-refractivity contribution in [2.75, 3.05) is 0 Å². The molecule has 0 saturated heterocycles. The molecule has 0 radical (unpaired) electrons. The minimum atomic E-state index is 0.253. The van der Waals surface area contributed by atoms with Crippen molar-refractivity contribution < 1.29 is 4.79 Å². The van der Waals surface area contributed by atoms with E-state index >= 15 is 0 Å². The Kier molecular flexibility index (Phi) is 3.00. The van der Waals surface area contributed by atoms with E-state index in [2.05, 4.69) is 24.8 Å². The van der Waals surface area contributed by atoms with Crippen LogP contribution >= 0.6 is 0 Å². The number of hydrogen-bond donors (Lipinski definition) is 0. The van der Waals surface area contributed by atoms with Crippen LogP contribution in [0.25, 0.3) is 0 Å². The average Bonchev–Trinajstić information content (AvgIpc) is 2.65. The monoisotopic (exact) mass is 200 g/mol. The Labute approximate surface area is 90.8 Å². The van der Waals surface area contributed by atoms with E-state index in [4.69, 9.17) is 0 Å². The van der Waals surface area contributed by atoms with Crippen molar-refractivity contribution in [2.45, 2.75) is 32.1 Å². The third-order valence-corrected chi connectivity index (χ3v) is 2.94. The number of aryl methyl sites for hydroxylation is 2. The zero-order valence-corrected chi connectivity index (χ0v) is 8.96. The lowest BCUT2D eigenvalue weighted by atomic mass is 10.0. The van der Waals surface area contributed by atoms with E-state index in [1.807, 2.05) is 0 Å². The van der Waals surface area contributed by atoms with Crippen LogP contribution in [0.3, 0.4) is 0 Å². The minimum absolute atomic E-state index is 0.253. The van der Waals surface area contributed by atoms with Gasteiger partial charge in [-0.3, -0.25) is 4.79 Å². The highest BCUT2D eigenvalue weighted by atomic mass is 16.1. The average molecular weight is 200 g/mol. The van der Waals surface area contributed by atoms with Crippen molar-refractivity contribution in [1.29, 1.82) is 0 Å². The molecule has 1 aliphatic carbocycles. The second kappa shape index (κ2) is 4.43. The first-order valence-electron chi connectivity index (χ1n) is 5.53. The Morgan fingerprint density at radius 3 is 2.93 bits per heavy atom. The number of allylic oxidation sites excluding steroid dienone is 1. The Morgan fingerprint density at radius 2 is 2.13 bits per heavy atom. The Hall–Kier alpha value is -1.37. The number of fused-ring (bicyclic) bond motifs is 1. The predicted molar refractivity (Wildman–Crippen MR) is 62.0 cm³/mol. The molecular formula is C14H16O. The second-order valence-corrected chi connectivity index (χ2v) is 4.16. The van der Waals surface area contributed by atoms with Crippen molar-refractivity contribution in [3.63, 3.8) is 0 Å². The van der Waals surface area contributed by atoms with E-state index in [0.29, 0.717) is 12.8 Å². The van der Waals surface area contributed by atoms with Crippen molar-refractivity contribution >= 4 is 5.78 Å². The fourth-order valence-electron chi connectivity index (χ4n) is 2.20. The summed E-state index contributed by atoms with van der Waals surface area (Å²) in [6.45, 7) is 3.58. The SMILES string of the molecule is C=CCC(=O)Cc1ccc2c(c1)CCC2. The fraction of sp³-hybridized carbons (Fsp3) is 0.357. The van der Waals surface area contributed by atoms with Crippen LogP contribution in [0.4, 0.5) is 0 Å². The molecule has 1 nitrogen and oxygen atoms in total. The first kappa shape index (κ1) is 10.2. The Morgan fingerprint density at radius 1 is 1.33 bits per heavy atom. The van der Waals surface area contributed by atoms with Crippen LogP contribution in [-0.4, -0.2) is 5.78 Å². The molecule has 0 atom stereocenters. The van der Waals surface area contributed by atoms with Gasteiger partial charge >= 0.3 is 0 Å². The number of hydrogen-bond acceptors (Lipinski definition) is 1. The molecule has 15 heavy (non-hydrogen) atoms. The topological polar surface area (TPSA) is 17.1 Å². The normalized spacial score (nSPS) is 13.6. The molecule has 1 aromatic carbocycles. The lowest BCUT2D eigenvalue weighted by Gasteiger charge is -2.03. The summed E-state index contributed by atoms with van der Waals surface area (Å²) in [6, 6.07) is 6.47. The van der Waals surface area contributed by atoms with Gasteiger partial charge in [0.05, 0.1) is 0 Å². The van der Waals surface area contributed by atoms with Crippen molar-refractivity contribution in [3.05, 3.63) is 47.5 Å². The second-order valence-electron chi connectivity index (χ2n) is 4.16. The van der Waals surface area contributed by atoms with E-state index in [1.54, 1.807) is 6.08 Å². The molecule has 1 aromatic rings. The van der Waals surface area contributed by atoms with Gasteiger partial charge in [0.1, 0.15) is 5.78 Å². The van der Waals surface area contributed by atoms with Gasteiger partial charge in [-0.25, -0.2) is 0 Å². The standard InChI is InChI=1S/C14H16O/c1-2-4-14(15)10-11-7-8-12-5-3-6-13(12)9-11/h2,7-9H,1,3-6,10H2. The highest BCUT2D eigenvalue weighted by Crippen LogP contribution is 2.23. The summed E-state index contributed by atoms with van der Waals surface area (Å²) in [5, 5.41) is 0. The van der Waals surface area contributed by atoms with Gasteiger partial charge in [0.2, 0.25) is 0 Å². The molecule has 0 saturated carbocycles. The largest absolute Gasteiger partial charge is 0.299 e. The summed E-state index contributed by atoms with van der Waals surface area (Å²) in [7, 11) is 0. The van der Waals surface area contributed by atoms with Crippen LogP contribution in [0.15, 0.2) is 30.9 Å². The summed E-state index contributed by atoms with van der Waals surface area (Å²) >= 11 is 0. The van der Waals surface area contributed by atoms with Gasteiger partial charge in [-0.15, -0.1) is 6.58 Å². The van der Waals surface area contributed by atoms with Gasteiger partial charge in [-0.1, -0.05) is 24.3 Å². The third kappa shape index (κ3) is 2.35. The molecule has 1 heteroatoms. The number of carbonyl (C=O) groups is 1. The zero-order valence-electron chi connectivity index (χ0n) is 8.96. The van der Waals surface area contributed by atoms with E-state index in [9.17, 15) is 4.79 Å². The molecule has 0 aliphatic heterocycles. The van der Waals surface area contributed by atoms with Gasteiger partial charge in [0, 0.05) is 12.8 Å². The van der Waals surface area contributed by atoms with Crippen LogP contribution in [-0.2, 0) is 24.1 Å². The van der Waals surface area contributed by atoms with Crippen molar-refractivity contribution in [3.8, 4) is 0 Å². The number of Topliss-reactive ketones (excluding diaryl/α,β-unsaturated/α-hetero) is 1. The van der Waals surface area contributed by atoms with Crippen LogP contribution in [0.2, 0.25) is 0 Å². The highest BCUT2D eigenvalue weighted by molar-refractivity contribution is 5.82. The fourth-order valence-corrected chi connectivity index (χ4v) is 2.20. The quantitative estimate of drug-likeness (QED) is 0.683. The number of carbonyl (C=O) groups excluding carboxylic acids is 1. The summed E-state index contributed by atoms with van der Waals surface area (Å²) < 4.78 is 0. The van der Waals surface area contributed by atoms with Crippen molar-refractivity contribution in [1.82, 2.24) is 0 Å². The summed E-state index contributed by atoms with van der Waals surface area (Å²) in [5.74, 6) is 0.253. The molecule has 0 fully saturated rings. The van der Waals surface area contributed by atoms with Gasteiger partial charge in [-0.2, -0.15) is 0 Å². The Balaban J connectivity index is 2.10. The molecule has 78 valence electrons. The molecule has 0 spiro atoms.